The molecule has 0 spiro atoms. The summed E-state index contributed by atoms with van der Waals surface area (Å²) in [5, 5.41) is 0. The zero-order valence-corrected chi connectivity index (χ0v) is 12.9. The topological polar surface area (TPSA) is 12.4 Å². The molecule has 1 aromatic carbocycles. The minimum Gasteiger partial charge on any atom is -0.292 e. The largest absolute Gasteiger partial charge is 0.292 e. The summed E-state index contributed by atoms with van der Waals surface area (Å²) in [4.78, 5) is 4.49. The second-order valence-electron chi connectivity index (χ2n) is 4.78. The van der Waals surface area contributed by atoms with E-state index >= 15 is 0 Å². The van der Waals surface area contributed by atoms with Crippen molar-refractivity contribution in [3.63, 3.8) is 0 Å². The van der Waals surface area contributed by atoms with E-state index in [0.717, 1.165) is 12.8 Å². The summed E-state index contributed by atoms with van der Waals surface area (Å²) in [6, 6.07) is 6.37. The minimum atomic E-state index is 0.952. The predicted octanol–water partition coefficient (Wildman–Crippen LogP) is 5.30. The summed E-state index contributed by atoms with van der Waals surface area (Å²) >= 11 is 0. The molecule has 1 rings (SSSR count). The molecule has 0 bridgehead atoms. The third-order valence-electron chi connectivity index (χ3n) is 3.63. The summed E-state index contributed by atoms with van der Waals surface area (Å²) < 4.78 is 0. The molecule has 0 heterocycles. The van der Waals surface area contributed by atoms with Gasteiger partial charge in [-0.1, -0.05) is 50.3 Å². The maximum atomic E-state index is 4.49. The molecule has 0 saturated carbocycles. The van der Waals surface area contributed by atoms with E-state index in [-0.39, 0.29) is 0 Å². The predicted molar refractivity (Wildman–Crippen MR) is 87.8 cm³/mol. The number of aryl methyl sites for hydroxylation is 1. The summed E-state index contributed by atoms with van der Waals surface area (Å²) in [7, 11) is 1.88. The SMILES string of the molecule is C=Cc1cccc(C)c1/C(C(CC)=NC)=C(\C)CC. The Bertz CT molecular complexity index is 518. The molecule has 1 nitrogen and oxygen atoms in total. The summed E-state index contributed by atoms with van der Waals surface area (Å²) in [6.07, 6.45) is 3.93. The highest BCUT2D eigenvalue weighted by Gasteiger charge is 2.15. The van der Waals surface area contributed by atoms with E-state index in [9.17, 15) is 0 Å². The normalized spacial score (nSPS) is 13.2. The minimum absolute atomic E-state index is 0.952. The van der Waals surface area contributed by atoms with Gasteiger partial charge in [-0.05, 0) is 43.4 Å². The van der Waals surface area contributed by atoms with Crippen LogP contribution < -0.4 is 0 Å². The highest BCUT2D eigenvalue weighted by Crippen LogP contribution is 2.30. The van der Waals surface area contributed by atoms with Gasteiger partial charge in [0.25, 0.3) is 0 Å². The Labute approximate surface area is 117 Å². The first-order valence-corrected chi connectivity index (χ1v) is 6.98. The summed E-state index contributed by atoms with van der Waals surface area (Å²) in [6.45, 7) is 12.7. The third kappa shape index (κ3) is 3.23. The molecule has 0 aliphatic heterocycles. The van der Waals surface area contributed by atoms with Crippen molar-refractivity contribution in [3.8, 4) is 0 Å². The lowest BCUT2D eigenvalue weighted by molar-refractivity contribution is 1.10. The van der Waals surface area contributed by atoms with Crippen molar-refractivity contribution < 1.29 is 0 Å². The van der Waals surface area contributed by atoms with Crippen LogP contribution in [0.2, 0.25) is 0 Å². The average molecular weight is 255 g/mol. The van der Waals surface area contributed by atoms with E-state index in [2.05, 4.69) is 57.5 Å². The number of aliphatic imine (C=N–C) groups is 1. The van der Waals surface area contributed by atoms with Crippen LogP contribution in [0.1, 0.15) is 50.3 Å². The number of nitrogens with zero attached hydrogens (tertiary/aromatic N) is 1. The molecule has 19 heavy (non-hydrogen) atoms. The fraction of sp³-hybridized carbons (Fsp3) is 0.389. The van der Waals surface area contributed by atoms with Crippen molar-refractivity contribution in [2.24, 2.45) is 4.99 Å². The van der Waals surface area contributed by atoms with Crippen LogP contribution in [0.25, 0.3) is 11.6 Å². The van der Waals surface area contributed by atoms with Gasteiger partial charge in [-0.15, -0.1) is 0 Å². The van der Waals surface area contributed by atoms with Crippen LogP contribution in [0, 0.1) is 6.92 Å². The Kier molecular flexibility index (Phi) is 5.75. The fourth-order valence-electron chi connectivity index (χ4n) is 2.43. The van der Waals surface area contributed by atoms with Crippen molar-refractivity contribution in [1.82, 2.24) is 0 Å². The zero-order chi connectivity index (χ0) is 14.4. The first-order valence-electron chi connectivity index (χ1n) is 6.98. The van der Waals surface area contributed by atoms with Crippen molar-refractivity contribution in [3.05, 3.63) is 47.0 Å². The van der Waals surface area contributed by atoms with Gasteiger partial charge in [0, 0.05) is 18.3 Å². The molecule has 0 amide bonds. The van der Waals surface area contributed by atoms with Crippen LogP contribution in [-0.4, -0.2) is 12.8 Å². The molecule has 102 valence electrons. The van der Waals surface area contributed by atoms with E-state index in [1.54, 1.807) is 0 Å². The van der Waals surface area contributed by atoms with Crippen LogP contribution in [-0.2, 0) is 0 Å². The second-order valence-corrected chi connectivity index (χ2v) is 4.78. The van der Waals surface area contributed by atoms with Gasteiger partial charge >= 0.3 is 0 Å². The Morgan fingerprint density at radius 3 is 2.42 bits per heavy atom. The monoisotopic (exact) mass is 255 g/mol. The smallest absolute Gasteiger partial charge is 0.0420 e. The van der Waals surface area contributed by atoms with E-state index in [4.69, 9.17) is 0 Å². The van der Waals surface area contributed by atoms with Gasteiger partial charge < -0.3 is 0 Å². The number of benzene rings is 1. The van der Waals surface area contributed by atoms with Crippen molar-refractivity contribution >= 4 is 17.4 Å². The molecular formula is C18H25N. The van der Waals surface area contributed by atoms with E-state index < -0.39 is 0 Å². The second kappa shape index (κ2) is 7.08. The Hall–Kier alpha value is -1.63. The fourth-order valence-corrected chi connectivity index (χ4v) is 2.43. The first kappa shape index (κ1) is 15.4. The van der Waals surface area contributed by atoms with Crippen molar-refractivity contribution in [2.75, 3.05) is 7.05 Å². The third-order valence-corrected chi connectivity index (χ3v) is 3.63. The van der Waals surface area contributed by atoms with Gasteiger partial charge in [0.2, 0.25) is 0 Å². The van der Waals surface area contributed by atoms with Crippen LogP contribution in [0.3, 0.4) is 0 Å². The Balaban J connectivity index is 3.65. The molecule has 1 aromatic rings. The highest BCUT2D eigenvalue weighted by atomic mass is 14.7. The lowest BCUT2D eigenvalue weighted by Crippen LogP contribution is -2.07. The summed E-state index contributed by atoms with van der Waals surface area (Å²) in [5.74, 6) is 0. The average Bonchev–Trinajstić information content (AvgIpc) is 2.44. The Morgan fingerprint density at radius 1 is 1.26 bits per heavy atom. The highest BCUT2D eigenvalue weighted by molar-refractivity contribution is 6.25. The number of hydrogen-bond donors (Lipinski definition) is 0. The zero-order valence-electron chi connectivity index (χ0n) is 12.9. The maximum Gasteiger partial charge on any atom is 0.0420 e. The molecular weight excluding hydrogens is 230 g/mol. The molecule has 0 saturated heterocycles. The van der Waals surface area contributed by atoms with Gasteiger partial charge in [-0.2, -0.15) is 0 Å². The molecule has 0 aromatic heterocycles. The molecule has 0 N–H and O–H groups in total. The molecule has 0 aliphatic carbocycles. The van der Waals surface area contributed by atoms with Gasteiger partial charge in [-0.3, -0.25) is 4.99 Å². The van der Waals surface area contributed by atoms with Crippen LogP contribution in [0.15, 0.2) is 35.3 Å². The van der Waals surface area contributed by atoms with Crippen molar-refractivity contribution in [2.45, 2.75) is 40.5 Å². The first-order chi connectivity index (χ1) is 9.10. The summed E-state index contributed by atoms with van der Waals surface area (Å²) in [5.41, 5.74) is 7.64. The molecule has 1 heteroatoms. The standard InChI is InChI=1S/C18H25N/c1-7-13(4)18(16(9-3)19-6)17-14(5)11-10-12-15(17)8-2/h8,10-12H,2,7,9H2,1,3-6H3/b18-13+,19-16?. The van der Waals surface area contributed by atoms with E-state index in [0.29, 0.717) is 0 Å². The van der Waals surface area contributed by atoms with Gasteiger partial charge in [0.05, 0.1) is 0 Å². The number of rotatable bonds is 5. The molecule has 0 atom stereocenters. The number of hydrogen-bond acceptors (Lipinski definition) is 1. The lowest BCUT2D eigenvalue weighted by Gasteiger charge is -2.18. The van der Waals surface area contributed by atoms with Crippen LogP contribution >= 0.6 is 0 Å². The molecule has 0 fully saturated rings. The van der Waals surface area contributed by atoms with E-state index in [1.165, 1.54) is 33.5 Å². The molecule has 0 unspecified atom stereocenters. The van der Waals surface area contributed by atoms with E-state index in [1.807, 2.05) is 13.1 Å². The maximum absolute atomic E-state index is 4.49. The molecule has 0 aliphatic rings. The van der Waals surface area contributed by atoms with Crippen LogP contribution in [0.4, 0.5) is 0 Å². The molecule has 0 radical (unpaired) electrons. The quantitative estimate of drug-likeness (QED) is 0.633. The van der Waals surface area contributed by atoms with Crippen molar-refractivity contribution in [1.29, 1.82) is 0 Å². The van der Waals surface area contributed by atoms with Gasteiger partial charge in [0.1, 0.15) is 0 Å². The lowest BCUT2D eigenvalue weighted by atomic mass is 9.87. The number of allylic oxidation sites excluding steroid dienone is 2. The Morgan fingerprint density at radius 2 is 1.95 bits per heavy atom. The van der Waals surface area contributed by atoms with Gasteiger partial charge in [-0.25, -0.2) is 0 Å². The van der Waals surface area contributed by atoms with Gasteiger partial charge in [0.15, 0.2) is 0 Å². The van der Waals surface area contributed by atoms with Crippen LogP contribution in [0.5, 0.6) is 0 Å².